The first-order valence-electron chi connectivity index (χ1n) is 14.6. The minimum Gasteiger partial charge on any atom is -0.490 e. The molecule has 0 unspecified atom stereocenters. The summed E-state index contributed by atoms with van der Waals surface area (Å²) < 4.78 is 21.7. The Morgan fingerprint density at radius 3 is 1.51 bits per heavy atom. The molecule has 6 heteroatoms. The summed E-state index contributed by atoms with van der Waals surface area (Å²) in [4.78, 5) is 23.1. The summed E-state index contributed by atoms with van der Waals surface area (Å²) in [6, 6.07) is 16.3. The van der Waals surface area contributed by atoms with Crippen LogP contribution < -0.4 is 9.47 Å². The molecule has 0 amide bonds. The molecule has 0 saturated heterocycles. The summed E-state index contributed by atoms with van der Waals surface area (Å²) in [6.45, 7) is 18.3. The van der Waals surface area contributed by atoms with Crippen LogP contribution in [0.4, 0.5) is 0 Å². The molecule has 0 fully saturated rings. The van der Waals surface area contributed by atoms with Crippen molar-refractivity contribution in [2.45, 2.75) is 79.1 Å². The van der Waals surface area contributed by atoms with Crippen molar-refractivity contribution in [2.24, 2.45) is 5.41 Å². The number of carbonyl (C=O) groups is 2. The summed E-state index contributed by atoms with van der Waals surface area (Å²) >= 11 is 0. The number of benzene rings is 2. The maximum Gasteiger partial charge on any atom is 0.333 e. The Morgan fingerprint density at radius 2 is 1.12 bits per heavy atom. The van der Waals surface area contributed by atoms with Crippen molar-refractivity contribution in [3.8, 4) is 11.5 Å². The van der Waals surface area contributed by atoms with Gasteiger partial charge in [0.15, 0.2) is 0 Å². The van der Waals surface area contributed by atoms with Gasteiger partial charge in [0.05, 0.1) is 0 Å². The Bertz CT molecular complexity index is 1040. The van der Waals surface area contributed by atoms with Crippen LogP contribution in [0.1, 0.15) is 90.2 Å². The van der Waals surface area contributed by atoms with Crippen LogP contribution >= 0.6 is 0 Å². The summed E-state index contributed by atoms with van der Waals surface area (Å²) in [7, 11) is 0. The van der Waals surface area contributed by atoms with Gasteiger partial charge in [-0.3, -0.25) is 0 Å². The van der Waals surface area contributed by atoms with Crippen LogP contribution in [-0.2, 0) is 19.1 Å². The summed E-state index contributed by atoms with van der Waals surface area (Å²) in [5.74, 6) is 0.874. The molecule has 0 N–H and O–H groups in total. The Hall–Kier alpha value is -3.54. The second-order valence-electron chi connectivity index (χ2n) is 11.4. The van der Waals surface area contributed by atoms with E-state index in [2.05, 4.69) is 58.2 Å². The minimum absolute atomic E-state index is 0.175. The highest BCUT2D eigenvalue weighted by molar-refractivity contribution is 5.87. The molecule has 0 heterocycles. The van der Waals surface area contributed by atoms with Gasteiger partial charge < -0.3 is 18.9 Å². The molecule has 0 aromatic heterocycles. The largest absolute Gasteiger partial charge is 0.490 e. The third kappa shape index (κ3) is 12.7. The van der Waals surface area contributed by atoms with E-state index in [0.29, 0.717) is 16.6 Å². The lowest BCUT2D eigenvalue weighted by molar-refractivity contribution is -0.140. The van der Waals surface area contributed by atoms with E-state index < -0.39 is 11.9 Å². The third-order valence-electron chi connectivity index (χ3n) is 6.99. The monoisotopic (exact) mass is 564 g/mol. The molecule has 0 aliphatic carbocycles. The maximum absolute atomic E-state index is 11.5. The molecule has 0 aliphatic heterocycles. The van der Waals surface area contributed by atoms with E-state index >= 15 is 0 Å². The van der Waals surface area contributed by atoms with Crippen LogP contribution in [0.15, 0.2) is 72.8 Å². The van der Waals surface area contributed by atoms with E-state index in [-0.39, 0.29) is 32.3 Å². The number of unbranched alkanes of at least 4 members (excludes halogenated alkanes) is 1. The molecular weight excluding hydrogens is 516 g/mol. The maximum atomic E-state index is 11.5. The zero-order chi connectivity index (χ0) is 30.3. The molecule has 0 bridgehead atoms. The normalized spacial score (nSPS) is 11.2. The Kier molecular flexibility index (Phi) is 14.2. The van der Waals surface area contributed by atoms with Crippen molar-refractivity contribution in [1.29, 1.82) is 0 Å². The van der Waals surface area contributed by atoms with Crippen molar-refractivity contribution >= 4 is 11.9 Å². The number of ether oxygens (including phenoxy) is 4. The number of carbonyl (C=O) groups excluding carboxylic acids is 2. The average Bonchev–Trinajstić information content (AvgIpc) is 2.95. The molecule has 2 rings (SSSR count). The zero-order valence-electron chi connectivity index (χ0n) is 25.6. The standard InChI is InChI=1S/C35H48O6/c1-8-9-20-35(6,7)21-10-11-32(28-12-16-30(17-13-28)38-22-24-40-33(36)26(2)3)29-14-18-31(19-15-29)39-23-25-41-34(37)27(4)5/h12-19,32H,2,4,8-11,20-25H2,1,3,5-7H3. The minimum atomic E-state index is -0.410. The molecular formula is C35H48O6. The van der Waals surface area contributed by atoms with E-state index in [1.807, 2.05) is 24.3 Å². The first-order chi connectivity index (χ1) is 19.5. The van der Waals surface area contributed by atoms with Gasteiger partial charge in [-0.15, -0.1) is 0 Å². The molecule has 0 saturated carbocycles. The van der Waals surface area contributed by atoms with Gasteiger partial charge in [0.2, 0.25) is 0 Å². The summed E-state index contributed by atoms with van der Waals surface area (Å²) in [6.07, 6.45) is 7.07. The van der Waals surface area contributed by atoms with E-state index in [0.717, 1.165) is 24.3 Å². The van der Waals surface area contributed by atoms with Crippen molar-refractivity contribution in [3.63, 3.8) is 0 Å². The highest BCUT2D eigenvalue weighted by Crippen LogP contribution is 2.36. The van der Waals surface area contributed by atoms with Crippen LogP contribution in [0.2, 0.25) is 0 Å². The fourth-order valence-electron chi connectivity index (χ4n) is 4.52. The van der Waals surface area contributed by atoms with Crippen molar-refractivity contribution in [3.05, 3.63) is 84.0 Å². The number of esters is 2. The molecule has 0 radical (unpaired) electrons. The third-order valence-corrected chi connectivity index (χ3v) is 6.99. The van der Waals surface area contributed by atoms with Crippen LogP contribution in [-0.4, -0.2) is 38.4 Å². The summed E-state index contributed by atoms with van der Waals surface area (Å²) in [5, 5.41) is 0. The molecule has 6 nitrogen and oxygen atoms in total. The lowest BCUT2D eigenvalue weighted by Crippen LogP contribution is -2.13. The van der Waals surface area contributed by atoms with Crippen LogP contribution in [0.3, 0.4) is 0 Å². The van der Waals surface area contributed by atoms with E-state index in [9.17, 15) is 9.59 Å². The number of hydrogen-bond donors (Lipinski definition) is 0. The molecule has 0 spiro atoms. The molecule has 224 valence electrons. The lowest BCUT2D eigenvalue weighted by atomic mass is 9.79. The predicted molar refractivity (Wildman–Crippen MR) is 164 cm³/mol. The van der Waals surface area contributed by atoms with E-state index in [1.165, 1.54) is 36.8 Å². The molecule has 0 atom stereocenters. The van der Waals surface area contributed by atoms with Crippen LogP contribution in [0.25, 0.3) is 0 Å². The molecule has 41 heavy (non-hydrogen) atoms. The quantitative estimate of drug-likeness (QED) is 0.0973. The Labute approximate surface area is 246 Å². The Balaban J connectivity index is 2.05. The predicted octanol–water partition coefficient (Wildman–Crippen LogP) is 8.20. The fraction of sp³-hybridized carbons (Fsp3) is 0.486. The van der Waals surface area contributed by atoms with Gasteiger partial charge in [-0.2, -0.15) is 0 Å². The number of hydrogen-bond acceptors (Lipinski definition) is 6. The highest BCUT2D eigenvalue weighted by Gasteiger charge is 2.20. The van der Waals surface area contributed by atoms with Crippen molar-refractivity contribution in [1.82, 2.24) is 0 Å². The van der Waals surface area contributed by atoms with Gasteiger partial charge in [0.1, 0.15) is 37.9 Å². The number of rotatable bonds is 19. The van der Waals surface area contributed by atoms with Gasteiger partial charge in [0, 0.05) is 17.1 Å². The first kappa shape index (κ1) is 33.7. The van der Waals surface area contributed by atoms with Crippen molar-refractivity contribution in [2.75, 3.05) is 26.4 Å². The average molecular weight is 565 g/mol. The van der Waals surface area contributed by atoms with E-state index in [1.54, 1.807) is 13.8 Å². The van der Waals surface area contributed by atoms with Gasteiger partial charge >= 0.3 is 11.9 Å². The molecule has 0 aliphatic rings. The SMILES string of the molecule is C=C(C)C(=O)OCCOc1ccc(C(CCCC(C)(C)CCCC)c2ccc(OCCOC(=O)C(=C)C)cc2)cc1. The van der Waals surface area contributed by atoms with Crippen LogP contribution in [0, 0.1) is 5.41 Å². The fourth-order valence-corrected chi connectivity index (χ4v) is 4.52. The highest BCUT2D eigenvalue weighted by atomic mass is 16.6. The first-order valence-corrected chi connectivity index (χ1v) is 14.6. The van der Waals surface area contributed by atoms with Gasteiger partial charge in [-0.05, 0) is 73.9 Å². The topological polar surface area (TPSA) is 71.1 Å². The smallest absolute Gasteiger partial charge is 0.333 e. The lowest BCUT2D eigenvalue weighted by Gasteiger charge is -2.26. The Morgan fingerprint density at radius 1 is 0.707 bits per heavy atom. The summed E-state index contributed by atoms with van der Waals surface area (Å²) in [5.41, 5.74) is 3.52. The van der Waals surface area contributed by atoms with Gasteiger partial charge in [-0.1, -0.05) is 77.5 Å². The van der Waals surface area contributed by atoms with Gasteiger partial charge in [-0.25, -0.2) is 9.59 Å². The zero-order valence-corrected chi connectivity index (χ0v) is 25.6. The second-order valence-corrected chi connectivity index (χ2v) is 11.4. The second kappa shape index (κ2) is 17.3. The molecule has 2 aromatic rings. The van der Waals surface area contributed by atoms with E-state index in [4.69, 9.17) is 18.9 Å². The molecule has 2 aromatic carbocycles. The van der Waals surface area contributed by atoms with Gasteiger partial charge in [0.25, 0.3) is 0 Å². The van der Waals surface area contributed by atoms with Crippen LogP contribution in [0.5, 0.6) is 11.5 Å². The van der Waals surface area contributed by atoms with Crippen molar-refractivity contribution < 1.29 is 28.5 Å².